The Morgan fingerprint density at radius 1 is 0.944 bits per heavy atom. The Kier molecular flexibility index (Phi) is 4.07. The van der Waals surface area contributed by atoms with Crippen LogP contribution in [0.25, 0.3) is 0 Å². The molecule has 2 aromatic carbocycles. The minimum atomic E-state index is -0.902. The highest BCUT2D eigenvalue weighted by Crippen LogP contribution is 2.34. The summed E-state index contributed by atoms with van der Waals surface area (Å²) in [5, 5.41) is 9.77. The summed E-state index contributed by atoms with van der Waals surface area (Å²) in [7, 11) is 0. The van der Waals surface area contributed by atoms with Crippen LogP contribution in [0, 0.1) is 0 Å². The van der Waals surface area contributed by atoms with Gasteiger partial charge in [-0.05, 0) is 31.2 Å². The van der Waals surface area contributed by atoms with Crippen LogP contribution in [0.15, 0.2) is 48.5 Å². The second-order valence-electron chi connectivity index (χ2n) is 3.70. The summed E-state index contributed by atoms with van der Waals surface area (Å²) in [5.74, 6) is 1.51. The van der Waals surface area contributed by atoms with Crippen LogP contribution < -0.4 is 9.47 Å². The van der Waals surface area contributed by atoms with Gasteiger partial charge in [-0.3, -0.25) is 0 Å². The van der Waals surface area contributed by atoms with E-state index in [1.165, 1.54) is 6.92 Å². The Bertz CT molecular complexity index is 526. The number of aliphatic hydroxyl groups excluding tert-OH is 1. The smallest absolute Gasteiger partial charge is 0.194 e. The molecule has 4 heteroatoms. The van der Waals surface area contributed by atoms with E-state index >= 15 is 0 Å². The van der Waals surface area contributed by atoms with Gasteiger partial charge >= 0.3 is 0 Å². The minimum absolute atomic E-state index is 0.465. The van der Waals surface area contributed by atoms with Crippen LogP contribution in [0.3, 0.4) is 0 Å². The van der Waals surface area contributed by atoms with Gasteiger partial charge in [-0.15, -0.1) is 0 Å². The maximum Gasteiger partial charge on any atom is 0.194 e. The van der Waals surface area contributed by atoms with Crippen molar-refractivity contribution in [3.63, 3.8) is 0 Å². The fourth-order valence-electron chi connectivity index (χ4n) is 1.46. The number of benzene rings is 2. The molecule has 0 aliphatic heterocycles. The zero-order valence-electron chi connectivity index (χ0n) is 9.84. The molecule has 0 saturated carbocycles. The standard InChI is InChI=1S/C14H13ClO3/c1-10(16)17-13-8-4-5-9-14(13)18-12-7-3-2-6-11(12)15/h2-10,16H,1H3. The van der Waals surface area contributed by atoms with Crippen molar-refractivity contribution in [3.05, 3.63) is 53.6 Å². The summed E-state index contributed by atoms with van der Waals surface area (Å²) in [4.78, 5) is 0. The highest BCUT2D eigenvalue weighted by Gasteiger charge is 2.09. The molecule has 0 spiro atoms. The molecule has 0 heterocycles. The molecule has 0 saturated heterocycles. The molecule has 0 aromatic heterocycles. The van der Waals surface area contributed by atoms with Gasteiger partial charge in [0.15, 0.2) is 17.8 Å². The van der Waals surface area contributed by atoms with Gasteiger partial charge in [-0.25, -0.2) is 0 Å². The van der Waals surface area contributed by atoms with Crippen LogP contribution in [-0.4, -0.2) is 11.4 Å². The van der Waals surface area contributed by atoms with E-state index in [4.69, 9.17) is 21.1 Å². The van der Waals surface area contributed by atoms with Gasteiger partial charge in [-0.2, -0.15) is 0 Å². The van der Waals surface area contributed by atoms with E-state index in [-0.39, 0.29) is 0 Å². The zero-order chi connectivity index (χ0) is 13.0. The van der Waals surface area contributed by atoms with Crippen molar-refractivity contribution in [2.45, 2.75) is 13.2 Å². The number of halogens is 1. The minimum Gasteiger partial charge on any atom is -0.462 e. The van der Waals surface area contributed by atoms with Crippen molar-refractivity contribution >= 4 is 11.6 Å². The average Bonchev–Trinajstić information content (AvgIpc) is 2.34. The fourth-order valence-corrected chi connectivity index (χ4v) is 1.64. The van der Waals surface area contributed by atoms with Crippen LogP contribution >= 0.6 is 11.6 Å². The van der Waals surface area contributed by atoms with E-state index in [9.17, 15) is 5.11 Å². The van der Waals surface area contributed by atoms with Crippen molar-refractivity contribution in [1.29, 1.82) is 0 Å². The third-order valence-corrected chi connectivity index (χ3v) is 2.52. The molecule has 18 heavy (non-hydrogen) atoms. The van der Waals surface area contributed by atoms with E-state index in [0.29, 0.717) is 22.3 Å². The number of para-hydroxylation sites is 3. The summed E-state index contributed by atoms with van der Waals surface area (Å²) in [6.45, 7) is 1.53. The van der Waals surface area contributed by atoms with E-state index in [2.05, 4.69) is 0 Å². The molecule has 3 nitrogen and oxygen atoms in total. The summed E-state index contributed by atoms with van der Waals surface area (Å²) in [5.41, 5.74) is 0. The Morgan fingerprint density at radius 3 is 2.11 bits per heavy atom. The SMILES string of the molecule is CC(O)Oc1ccccc1Oc1ccccc1Cl. The Labute approximate surface area is 111 Å². The maximum absolute atomic E-state index is 9.25. The molecule has 0 aliphatic carbocycles. The lowest BCUT2D eigenvalue weighted by Crippen LogP contribution is -2.10. The molecule has 1 N–H and O–H groups in total. The van der Waals surface area contributed by atoms with Gasteiger partial charge in [0.2, 0.25) is 0 Å². The van der Waals surface area contributed by atoms with E-state index in [0.717, 1.165) is 0 Å². The maximum atomic E-state index is 9.25. The van der Waals surface area contributed by atoms with E-state index in [1.807, 2.05) is 18.2 Å². The zero-order valence-corrected chi connectivity index (χ0v) is 10.6. The Balaban J connectivity index is 2.26. The van der Waals surface area contributed by atoms with Crippen molar-refractivity contribution < 1.29 is 14.6 Å². The molecule has 0 aliphatic rings. The number of ether oxygens (including phenoxy) is 2. The average molecular weight is 265 g/mol. The highest BCUT2D eigenvalue weighted by atomic mass is 35.5. The highest BCUT2D eigenvalue weighted by molar-refractivity contribution is 6.32. The van der Waals surface area contributed by atoms with Crippen molar-refractivity contribution in [3.8, 4) is 17.2 Å². The quantitative estimate of drug-likeness (QED) is 0.853. The third-order valence-electron chi connectivity index (χ3n) is 2.20. The normalized spacial score (nSPS) is 11.9. The van der Waals surface area contributed by atoms with Crippen molar-refractivity contribution in [2.24, 2.45) is 0 Å². The van der Waals surface area contributed by atoms with Gasteiger partial charge in [0.1, 0.15) is 5.75 Å². The molecular formula is C14H13ClO3. The van der Waals surface area contributed by atoms with Crippen LogP contribution in [0.1, 0.15) is 6.92 Å². The lowest BCUT2D eigenvalue weighted by atomic mass is 10.3. The first kappa shape index (κ1) is 12.7. The number of aliphatic hydroxyl groups is 1. The van der Waals surface area contributed by atoms with Crippen molar-refractivity contribution in [1.82, 2.24) is 0 Å². The first-order chi connectivity index (χ1) is 8.66. The molecule has 1 atom stereocenters. The molecule has 2 rings (SSSR count). The lowest BCUT2D eigenvalue weighted by molar-refractivity contribution is -0.00177. The molecule has 0 bridgehead atoms. The molecule has 0 fully saturated rings. The van der Waals surface area contributed by atoms with Crippen molar-refractivity contribution in [2.75, 3.05) is 0 Å². The van der Waals surface area contributed by atoms with Gasteiger partial charge in [0, 0.05) is 0 Å². The third kappa shape index (κ3) is 3.15. The molecule has 0 amide bonds. The fraction of sp³-hybridized carbons (Fsp3) is 0.143. The summed E-state index contributed by atoms with van der Waals surface area (Å²) >= 11 is 6.02. The van der Waals surface area contributed by atoms with Gasteiger partial charge in [0.25, 0.3) is 0 Å². The van der Waals surface area contributed by atoms with Crippen LogP contribution in [0.2, 0.25) is 5.02 Å². The second-order valence-corrected chi connectivity index (χ2v) is 4.10. The summed E-state index contributed by atoms with van der Waals surface area (Å²) < 4.78 is 10.9. The number of rotatable bonds is 4. The van der Waals surface area contributed by atoms with E-state index < -0.39 is 6.29 Å². The predicted molar refractivity (Wildman–Crippen MR) is 70.3 cm³/mol. The van der Waals surface area contributed by atoms with Gasteiger partial charge < -0.3 is 14.6 Å². The lowest BCUT2D eigenvalue weighted by Gasteiger charge is -2.14. The first-order valence-corrected chi connectivity index (χ1v) is 5.91. The Morgan fingerprint density at radius 2 is 1.50 bits per heavy atom. The molecule has 94 valence electrons. The predicted octanol–water partition coefficient (Wildman–Crippen LogP) is 3.85. The topological polar surface area (TPSA) is 38.7 Å². The number of hydrogen-bond acceptors (Lipinski definition) is 3. The van der Waals surface area contributed by atoms with E-state index in [1.54, 1.807) is 30.3 Å². The van der Waals surface area contributed by atoms with Gasteiger partial charge in [-0.1, -0.05) is 35.9 Å². The molecule has 1 unspecified atom stereocenters. The van der Waals surface area contributed by atoms with Crippen LogP contribution in [0.4, 0.5) is 0 Å². The summed E-state index contributed by atoms with van der Waals surface area (Å²) in [6, 6.07) is 14.3. The largest absolute Gasteiger partial charge is 0.462 e. The van der Waals surface area contributed by atoms with Gasteiger partial charge in [0.05, 0.1) is 5.02 Å². The molecule has 0 radical (unpaired) electrons. The second kappa shape index (κ2) is 5.76. The Hall–Kier alpha value is -1.71. The molecular weight excluding hydrogens is 252 g/mol. The summed E-state index contributed by atoms with van der Waals surface area (Å²) in [6.07, 6.45) is -0.902. The first-order valence-electron chi connectivity index (χ1n) is 5.53. The van der Waals surface area contributed by atoms with Crippen LogP contribution in [-0.2, 0) is 0 Å². The molecule has 2 aromatic rings. The van der Waals surface area contributed by atoms with Crippen LogP contribution in [0.5, 0.6) is 17.2 Å². The number of hydrogen-bond donors (Lipinski definition) is 1. The monoisotopic (exact) mass is 264 g/mol.